The summed E-state index contributed by atoms with van der Waals surface area (Å²) < 4.78 is 32.7. The van der Waals surface area contributed by atoms with Gasteiger partial charge in [-0.1, -0.05) is 194 Å². The Morgan fingerprint density at radius 1 is 0.500 bits per heavy atom. The highest BCUT2D eigenvalue weighted by Crippen LogP contribution is 2.43. The Balaban J connectivity index is 4.30. The Morgan fingerprint density at radius 3 is 1.17 bits per heavy atom. The molecule has 1 unspecified atom stereocenters. The van der Waals surface area contributed by atoms with Crippen LogP contribution < -0.4 is 5.73 Å². The van der Waals surface area contributed by atoms with E-state index >= 15 is 0 Å². The minimum atomic E-state index is -4.71. The number of carboxylic acids is 1. The van der Waals surface area contributed by atoms with Crippen molar-refractivity contribution in [2.45, 2.75) is 231 Å². The molecule has 0 bridgehead atoms. The van der Waals surface area contributed by atoms with Gasteiger partial charge in [-0.2, -0.15) is 0 Å². The van der Waals surface area contributed by atoms with Crippen molar-refractivity contribution in [2.24, 2.45) is 5.73 Å². The van der Waals surface area contributed by atoms with Crippen molar-refractivity contribution in [3.8, 4) is 0 Å². The lowest BCUT2D eigenvalue weighted by Crippen LogP contribution is -2.34. The van der Waals surface area contributed by atoms with Gasteiger partial charge in [-0.25, -0.2) is 4.57 Å². The number of phosphoric acid groups is 1. The molecule has 0 amide bonds. The van der Waals surface area contributed by atoms with E-state index in [0.29, 0.717) is 12.8 Å². The molecule has 4 N–H and O–H groups in total. The van der Waals surface area contributed by atoms with Crippen LogP contribution in [0.5, 0.6) is 0 Å². The highest BCUT2D eigenvalue weighted by atomic mass is 31.2. The highest BCUT2D eigenvalue weighted by molar-refractivity contribution is 7.47. The van der Waals surface area contributed by atoms with E-state index < -0.39 is 51.1 Å². The predicted molar refractivity (Wildman–Crippen MR) is 217 cm³/mol. The predicted octanol–water partition coefficient (Wildman–Crippen LogP) is 11.5. The van der Waals surface area contributed by atoms with Gasteiger partial charge in [-0.15, -0.1) is 0 Å². The topological polar surface area (TPSA) is 172 Å². The molecule has 12 heteroatoms. The molecule has 0 heterocycles. The zero-order chi connectivity index (χ0) is 40.0. The number of carbonyl (C=O) groups excluding carboxylic acids is 2. The summed E-state index contributed by atoms with van der Waals surface area (Å²) in [5.41, 5.74) is 5.33. The van der Waals surface area contributed by atoms with Gasteiger partial charge >= 0.3 is 25.7 Å². The van der Waals surface area contributed by atoms with Crippen molar-refractivity contribution in [3.05, 3.63) is 0 Å². The van der Waals surface area contributed by atoms with Crippen LogP contribution >= 0.6 is 7.82 Å². The molecule has 0 aromatic rings. The maximum absolute atomic E-state index is 12.6. The third kappa shape index (κ3) is 37.4. The molecule has 54 heavy (non-hydrogen) atoms. The van der Waals surface area contributed by atoms with Crippen LogP contribution in [0.25, 0.3) is 0 Å². The van der Waals surface area contributed by atoms with Gasteiger partial charge in [0.2, 0.25) is 0 Å². The molecule has 0 aliphatic rings. The summed E-state index contributed by atoms with van der Waals surface area (Å²) in [5.74, 6) is -2.36. The van der Waals surface area contributed by atoms with Crippen LogP contribution in [0.4, 0.5) is 0 Å². The van der Waals surface area contributed by atoms with E-state index in [-0.39, 0.29) is 19.4 Å². The highest BCUT2D eigenvalue weighted by Gasteiger charge is 2.28. The quantitative estimate of drug-likeness (QED) is 0.0305. The molecule has 0 aliphatic heterocycles. The van der Waals surface area contributed by atoms with Gasteiger partial charge in [0.25, 0.3) is 0 Å². The average Bonchev–Trinajstić information content (AvgIpc) is 3.14. The number of hydrogen-bond donors (Lipinski definition) is 3. The molecule has 0 fully saturated rings. The summed E-state index contributed by atoms with van der Waals surface area (Å²) >= 11 is 0. The fourth-order valence-electron chi connectivity index (χ4n) is 6.36. The molecule has 0 aromatic carbocycles. The Hall–Kier alpha value is -1.52. The van der Waals surface area contributed by atoms with Crippen molar-refractivity contribution in [3.63, 3.8) is 0 Å². The Bertz CT molecular complexity index is 937. The second-order valence-corrected chi connectivity index (χ2v) is 16.7. The lowest BCUT2D eigenvalue weighted by molar-refractivity contribution is -0.161. The minimum Gasteiger partial charge on any atom is -0.480 e. The first-order valence-electron chi connectivity index (χ1n) is 22.1. The molecular formula is C42H82NO10P. The summed E-state index contributed by atoms with van der Waals surface area (Å²) in [7, 11) is -4.71. The van der Waals surface area contributed by atoms with E-state index in [0.717, 1.165) is 38.5 Å². The van der Waals surface area contributed by atoms with E-state index in [2.05, 4.69) is 18.4 Å². The van der Waals surface area contributed by atoms with Gasteiger partial charge in [-0.05, 0) is 12.8 Å². The van der Waals surface area contributed by atoms with Crippen molar-refractivity contribution < 1.29 is 47.5 Å². The molecule has 0 aromatic heterocycles. The summed E-state index contributed by atoms with van der Waals surface area (Å²) in [5, 5.41) is 8.88. The molecule has 0 radical (unpaired) electrons. The van der Waals surface area contributed by atoms with Gasteiger partial charge in [0.1, 0.15) is 12.6 Å². The van der Waals surface area contributed by atoms with Crippen LogP contribution in [0.15, 0.2) is 0 Å². The number of aliphatic carboxylic acids is 1. The Morgan fingerprint density at radius 2 is 0.815 bits per heavy atom. The van der Waals surface area contributed by atoms with E-state index in [9.17, 15) is 23.8 Å². The number of esters is 2. The summed E-state index contributed by atoms with van der Waals surface area (Å²) in [4.78, 5) is 45.9. The number of rotatable bonds is 42. The number of hydrogen-bond acceptors (Lipinski definition) is 9. The smallest absolute Gasteiger partial charge is 0.472 e. The number of nitrogens with two attached hydrogens (primary N) is 1. The molecule has 320 valence electrons. The third-order valence-electron chi connectivity index (χ3n) is 9.86. The minimum absolute atomic E-state index is 0.169. The van der Waals surface area contributed by atoms with Gasteiger partial charge < -0.3 is 25.2 Å². The summed E-state index contributed by atoms with van der Waals surface area (Å²) in [6.45, 7) is 2.83. The maximum atomic E-state index is 12.6. The van der Waals surface area contributed by atoms with Crippen LogP contribution in [0.2, 0.25) is 0 Å². The first-order valence-corrected chi connectivity index (χ1v) is 23.6. The zero-order valence-corrected chi connectivity index (χ0v) is 35.5. The van der Waals surface area contributed by atoms with E-state index in [4.69, 9.17) is 24.8 Å². The van der Waals surface area contributed by atoms with Gasteiger partial charge in [0.15, 0.2) is 6.10 Å². The largest absolute Gasteiger partial charge is 0.480 e. The van der Waals surface area contributed by atoms with Crippen LogP contribution in [0, 0.1) is 0 Å². The molecule has 0 spiro atoms. The van der Waals surface area contributed by atoms with Gasteiger partial charge in [0, 0.05) is 12.8 Å². The SMILES string of the molecule is CCCCCCCCCCCCCCCCCCCC(=O)O[C@H](COC(=O)CCCCCCCCCCCCCCC)COP(=O)(O)OC[C@H](N)C(=O)O. The third-order valence-corrected chi connectivity index (χ3v) is 10.8. The summed E-state index contributed by atoms with van der Waals surface area (Å²) in [6.07, 6.45) is 35.9. The van der Waals surface area contributed by atoms with Crippen LogP contribution in [-0.2, 0) is 37.5 Å². The number of carboxylic acid groups (broad SMARTS) is 1. The second kappa shape index (κ2) is 38.4. The van der Waals surface area contributed by atoms with Crippen molar-refractivity contribution in [2.75, 3.05) is 19.8 Å². The second-order valence-electron chi connectivity index (χ2n) is 15.2. The maximum Gasteiger partial charge on any atom is 0.472 e. The molecule has 11 nitrogen and oxygen atoms in total. The lowest BCUT2D eigenvalue weighted by atomic mass is 10.0. The molecule has 0 saturated carbocycles. The standard InChI is InChI=1S/C42H82NO10P/c1-3-5-7-9-11-13-15-17-18-19-20-22-24-26-28-30-32-34-41(45)53-38(36-51-54(48,49)52-37-39(43)42(46)47)35-50-40(44)33-31-29-27-25-23-21-16-14-12-10-8-6-4-2/h38-39H,3-37,43H2,1-2H3,(H,46,47)(H,48,49)/t38-,39+/m1/s1. The van der Waals surface area contributed by atoms with E-state index in [1.807, 2.05) is 0 Å². The number of carbonyl (C=O) groups is 3. The Labute approximate surface area is 329 Å². The first kappa shape index (κ1) is 52.5. The van der Waals surface area contributed by atoms with Crippen LogP contribution in [0.1, 0.15) is 219 Å². The fourth-order valence-corrected chi connectivity index (χ4v) is 7.14. The first-order chi connectivity index (χ1) is 26.1. The van der Waals surface area contributed by atoms with Crippen molar-refractivity contribution in [1.29, 1.82) is 0 Å². The number of ether oxygens (including phenoxy) is 2. The average molecular weight is 792 g/mol. The van der Waals surface area contributed by atoms with Crippen LogP contribution in [-0.4, -0.2) is 59.9 Å². The van der Waals surface area contributed by atoms with E-state index in [1.165, 1.54) is 141 Å². The molecule has 0 saturated heterocycles. The van der Waals surface area contributed by atoms with Gasteiger partial charge in [0.05, 0.1) is 13.2 Å². The van der Waals surface area contributed by atoms with Crippen molar-refractivity contribution >= 4 is 25.7 Å². The normalized spacial score (nSPS) is 13.7. The number of unbranched alkanes of at least 4 members (excludes halogenated alkanes) is 28. The molecule has 3 atom stereocenters. The zero-order valence-electron chi connectivity index (χ0n) is 34.6. The lowest BCUT2D eigenvalue weighted by Gasteiger charge is -2.20. The van der Waals surface area contributed by atoms with Crippen LogP contribution in [0.3, 0.4) is 0 Å². The fraction of sp³-hybridized carbons (Fsp3) is 0.929. The molecular weight excluding hydrogens is 709 g/mol. The monoisotopic (exact) mass is 792 g/mol. The molecule has 0 rings (SSSR count). The number of phosphoric ester groups is 1. The van der Waals surface area contributed by atoms with Gasteiger partial charge in [-0.3, -0.25) is 23.4 Å². The van der Waals surface area contributed by atoms with E-state index in [1.54, 1.807) is 0 Å². The summed E-state index contributed by atoms with van der Waals surface area (Å²) in [6, 6.07) is -1.52. The van der Waals surface area contributed by atoms with Crippen molar-refractivity contribution in [1.82, 2.24) is 0 Å². The molecule has 0 aliphatic carbocycles. The Kier molecular flexibility index (Phi) is 37.3.